The minimum absolute atomic E-state index is 0.183. The van der Waals surface area contributed by atoms with Crippen LogP contribution in [0.3, 0.4) is 0 Å². The lowest BCUT2D eigenvalue weighted by molar-refractivity contribution is 0.386. The number of nitrogens with two attached hydrogens (primary N) is 1. The maximum absolute atomic E-state index is 13.7. The van der Waals surface area contributed by atoms with Crippen molar-refractivity contribution in [3.8, 4) is 5.75 Å². The van der Waals surface area contributed by atoms with Crippen molar-refractivity contribution in [2.75, 3.05) is 7.11 Å². The molecule has 0 bridgehead atoms. The number of hydrogen-bond acceptors (Lipinski definition) is 2. The summed E-state index contributed by atoms with van der Waals surface area (Å²) in [6.07, 6.45) is 0.572. The van der Waals surface area contributed by atoms with E-state index < -0.39 is 0 Å². The Morgan fingerprint density at radius 3 is 2.70 bits per heavy atom. The largest absolute Gasteiger partial charge is 0.494 e. The summed E-state index contributed by atoms with van der Waals surface area (Å²) >= 11 is 3.56. The lowest BCUT2D eigenvalue weighted by Crippen LogP contribution is -2.14. The maximum Gasteiger partial charge on any atom is 0.165 e. The lowest BCUT2D eigenvalue weighted by Gasteiger charge is -2.16. The topological polar surface area (TPSA) is 35.2 Å². The Balaban J connectivity index is 2.21. The number of halogens is 2. The number of rotatable bonds is 4. The van der Waals surface area contributed by atoms with Gasteiger partial charge in [0.05, 0.1) is 7.11 Å². The quantitative estimate of drug-likeness (QED) is 0.909. The molecule has 2 rings (SSSR count). The van der Waals surface area contributed by atoms with Crippen molar-refractivity contribution in [3.05, 3.63) is 63.4 Å². The van der Waals surface area contributed by atoms with Crippen molar-refractivity contribution in [2.24, 2.45) is 5.73 Å². The fourth-order valence-electron chi connectivity index (χ4n) is 2.16. The molecule has 2 nitrogen and oxygen atoms in total. The summed E-state index contributed by atoms with van der Waals surface area (Å²) in [6.45, 7) is 2.02. The molecule has 2 aromatic rings. The zero-order valence-electron chi connectivity index (χ0n) is 11.5. The van der Waals surface area contributed by atoms with Gasteiger partial charge in [-0.25, -0.2) is 4.39 Å². The van der Waals surface area contributed by atoms with Gasteiger partial charge in [-0.3, -0.25) is 0 Å². The summed E-state index contributed by atoms with van der Waals surface area (Å²) in [5.41, 5.74) is 9.25. The van der Waals surface area contributed by atoms with Gasteiger partial charge in [0.1, 0.15) is 0 Å². The fraction of sp³-hybridized carbons (Fsp3) is 0.250. The number of aryl methyl sites for hydroxylation is 1. The Morgan fingerprint density at radius 2 is 2.05 bits per heavy atom. The zero-order chi connectivity index (χ0) is 14.7. The summed E-state index contributed by atoms with van der Waals surface area (Å²) in [7, 11) is 1.45. The van der Waals surface area contributed by atoms with Gasteiger partial charge in [0, 0.05) is 10.5 Å². The Hall–Kier alpha value is -1.39. The molecule has 2 aromatic carbocycles. The molecule has 4 heteroatoms. The SMILES string of the molecule is COc1ccc(CC(N)c2cccc(C)c2Br)cc1F. The van der Waals surface area contributed by atoms with Crippen LogP contribution in [0.2, 0.25) is 0 Å². The van der Waals surface area contributed by atoms with Gasteiger partial charge in [0.25, 0.3) is 0 Å². The summed E-state index contributed by atoms with van der Waals surface area (Å²) < 4.78 is 19.6. The fourth-order valence-corrected chi connectivity index (χ4v) is 2.72. The van der Waals surface area contributed by atoms with E-state index in [1.165, 1.54) is 13.2 Å². The first kappa shape index (κ1) is 15.0. The van der Waals surface area contributed by atoms with Crippen molar-refractivity contribution >= 4 is 15.9 Å². The predicted molar refractivity (Wildman–Crippen MR) is 82.5 cm³/mol. The molecule has 0 heterocycles. The molecular formula is C16H17BrFNO. The van der Waals surface area contributed by atoms with Crippen LogP contribution >= 0.6 is 15.9 Å². The first-order chi connectivity index (χ1) is 9.52. The second-order valence-electron chi connectivity index (χ2n) is 4.76. The van der Waals surface area contributed by atoms with Crippen molar-refractivity contribution in [1.82, 2.24) is 0 Å². The molecule has 0 aliphatic heterocycles. The molecule has 2 N–H and O–H groups in total. The van der Waals surface area contributed by atoms with E-state index in [0.29, 0.717) is 6.42 Å². The second kappa shape index (κ2) is 6.37. The average molecular weight is 338 g/mol. The van der Waals surface area contributed by atoms with E-state index in [0.717, 1.165) is 21.2 Å². The van der Waals surface area contributed by atoms with Gasteiger partial charge >= 0.3 is 0 Å². The minimum Gasteiger partial charge on any atom is -0.494 e. The number of methoxy groups -OCH3 is 1. The monoisotopic (exact) mass is 337 g/mol. The number of hydrogen-bond donors (Lipinski definition) is 1. The number of ether oxygens (including phenoxy) is 1. The van der Waals surface area contributed by atoms with Crippen LogP contribution in [0.15, 0.2) is 40.9 Å². The average Bonchev–Trinajstić information content (AvgIpc) is 2.42. The predicted octanol–water partition coefficient (Wildman–Crippen LogP) is 4.15. The van der Waals surface area contributed by atoms with Crippen LogP contribution in [0, 0.1) is 12.7 Å². The van der Waals surface area contributed by atoms with Gasteiger partial charge in [0.2, 0.25) is 0 Å². The van der Waals surface area contributed by atoms with Crippen LogP contribution in [-0.4, -0.2) is 7.11 Å². The van der Waals surface area contributed by atoms with Crippen LogP contribution < -0.4 is 10.5 Å². The molecule has 0 aliphatic rings. The summed E-state index contributed by atoms with van der Waals surface area (Å²) in [6, 6.07) is 10.7. The van der Waals surface area contributed by atoms with Crippen molar-refractivity contribution in [3.63, 3.8) is 0 Å². The molecule has 20 heavy (non-hydrogen) atoms. The van der Waals surface area contributed by atoms with Gasteiger partial charge in [-0.1, -0.05) is 40.2 Å². The molecule has 0 saturated heterocycles. The molecular weight excluding hydrogens is 321 g/mol. The second-order valence-corrected chi connectivity index (χ2v) is 5.55. The zero-order valence-corrected chi connectivity index (χ0v) is 13.1. The highest BCUT2D eigenvalue weighted by atomic mass is 79.9. The van der Waals surface area contributed by atoms with Gasteiger partial charge in [-0.05, 0) is 42.2 Å². The normalized spacial score (nSPS) is 12.2. The lowest BCUT2D eigenvalue weighted by atomic mass is 9.98. The highest BCUT2D eigenvalue weighted by Gasteiger charge is 2.13. The third-order valence-electron chi connectivity index (χ3n) is 3.29. The van der Waals surface area contributed by atoms with Crippen LogP contribution in [0.25, 0.3) is 0 Å². The van der Waals surface area contributed by atoms with Crippen molar-refractivity contribution in [1.29, 1.82) is 0 Å². The van der Waals surface area contributed by atoms with E-state index in [2.05, 4.69) is 15.9 Å². The first-order valence-corrected chi connectivity index (χ1v) is 7.15. The molecule has 1 unspecified atom stereocenters. The van der Waals surface area contributed by atoms with Crippen LogP contribution in [0.1, 0.15) is 22.7 Å². The van der Waals surface area contributed by atoms with E-state index >= 15 is 0 Å². The molecule has 0 aromatic heterocycles. The highest BCUT2D eigenvalue weighted by molar-refractivity contribution is 9.10. The van der Waals surface area contributed by atoms with E-state index in [1.807, 2.05) is 31.2 Å². The molecule has 0 amide bonds. The summed E-state index contributed by atoms with van der Waals surface area (Å²) in [5, 5.41) is 0. The van der Waals surface area contributed by atoms with E-state index in [1.54, 1.807) is 6.07 Å². The van der Waals surface area contributed by atoms with Crippen LogP contribution in [0.5, 0.6) is 5.75 Å². The van der Waals surface area contributed by atoms with Crippen molar-refractivity contribution < 1.29 is 9.13 Å². The van der Waals surface area contributed by atoms with Crippen LogP contribution in [-0.2, 0) is 6.42 Å². The Kier molecular flexibility index (Phi) is 4.78. The van der Waals surface area contributed by atoms with E-state index in [4.69, 9.17) is 10.5 Å². The van der Waals surface area contributed by atoms with Gasteiger partial charge in [-0.2, -0.15) is 0 Å². The molecule has 1 atom stereocenters. The Labute approximate surface area is 126 Å². The van der Waals surface area contributed by atoms with E-state index in [9.17, 15) is 4.39 Å². The maximum atomic E-state index is 13.7. The Morgan fingerprint density at radius 1 is 1.30 bits per heavy atom. The van der Waals surface area contributed by atoms with Gasteiger partial charge in [0.15, 0.2) is 11.6 Å². The van der Waals surface area contributed by atoms with Gasteiger partial charge in [-0.15, -0.1) is 0 Å². The van der Waals surface area contributed by atoms with Crippen molar-refractivity contribution in [2.45, 2.75) is 19.4 Å². The highest BCUT2D eigenvalue weighted by Crippen LogP contribution is 2.28. The smallest absolute Gasteiger partial charge is 0.165 e. The third-order valence-corrected chi connectivity index (χ3v) is 4.38. The van der Waals surface area contributed by atoms with E-state index in [-0.39, 0.29) is 17.6 Å². The summed E-state index contributed by atoms with van der Waals surface area (Å²) in [5.74, 6) is -0.112. The standard InChI is InChI=1S/C16H17BrFNO/c1-10-4-3-5-12(16(10)17)14(19)9-11-6-7-15(20-2)13(18)8-11/h3-8,14H,9,19H2,1-2H3. The molecule has 0 radical (unpaired) electrons. The molecule has 0 fully saturated rings. The first-order valence-electron chi connectivity index (χ1n) is 6.36. The van der Waals surface area contributed by atoms with Crippen LogP contribution in [0.4, 0.5) is 4.39 Å². The van der Waals surface area contributed by atoms with Gasteiger partial charge < -0.3 is 10.5 Å². The minimum atomic E-state index is -0.361. The number of benzene rings is 2. The molecule has 0 aliphatic carbocycles. The molecule has 106 valence electrons. The third kappa shape index (κ3) is 3.19. The Bertz CT molecular complexity index is 615. The molecule has 0 saturated carbocycles. The summed E-state index contributed by atoms with van der Waals surface area (Å²) in [4.78, 5) is 0. The molecule has 0 spiro atoms.